The number of carbonyl (C=O) groups is 4. The van der Waals surface area contributed by atoms with Crippen LogP contribution in [0.15, 0.2) is 34.9 Å². The summed E-state index contributed by atoms with van der Waals surface area (Å²) in [7, 11) is 0. The van der Waals surface area contributed by atoms with Crippen molar-refractivity contribution in [2.75, 3.05) is 13.2 Å². The number of hydrogen-bond acceptors (Lipinski definition) is 22. The normalized spacial score (nSPS) is 49.5. The van der Waals surface area contributed by atoms with Gasteiger partial charge in [-0.3, -0.25) is 14.4 Å². The Balaban J connectivity index is 0.000000169. The molecule has 0 bridgehead atoms. The molecule has 3 heterocycles. The molecule has 13 N–H and O–H groups in total. The van der Waals surface area contributed by atoms with E-state index >= 15 is 0 Å². The van der Waals surface area contributed by atoms with Crippen LogP contribution in [0.1, 0.15) is 353 Å². The number of ketones is 3. The van der Waals surface area contributed by atoms with Gasteiger partial charge in [0.1, 0.15) is 84.5 Å². The molecule has 0 aromatic heterocycles. The molecule has 0 amide bonds. The smallest absolute Gasteiger partial charge is 0.335 e. The fraction of sp³-hybridized carbons (Fsp3) is 0.909. The van der Waals surface area contributed by atoms with Gasteiger partial charge in [0.15, 0.2) is 25.0 Å². The molecular formula is C110H182O23. The van der Waals surface area contributed by atoms with Crippen LogP contribution in [0.25, 0.3) is 0 Å². The van der Waals surface area contributed by atoms with Gasteiger partial charge in [-0.25, -0.2) is 4.79 Å². The first kappa shape index (κ1) is 107. The molecule has 12 saturated carbocycles. The molecule has 12 aliphatic carbocycles. The van der Waals surface area contributed by atoms with Crippen LogP contribution in [0.2, 0.25) is 0 Å². The largest absolute Gasteiger partial charge is 0.479 e. The predicted octanol–water partition coefficient (Wildman–Crippen LogP) is 16.2. The number of allylic oxidation sites excluding steroid dienone is 6. The molecule has 23 heteroatoms. The number of aliphatic hydroxyl groups is 12. The van der Waals surface area contributed by atoms with Crippen molar-refractivity contribution in [1.82, 2.24) is 0 Å². The van der Waals surface area contributed by atoms with E-state index in [1.807, 2.05) is 27.7 Å². The van der Waals surface area contributed by atoms with Crippen LogP contribution >= 0.6 is 0 Å². The zero-order valence-corrected chi connectivity index (χ0v) is 86.5. The van der Waals surface area contributed by atoms with Crippen LogP contribution in [-0.4, -0.2) is 218 Å². The van der Waals surface area contributed by atoms with Crippen molar-refractivity contribution in [1.29, 1.82) is 0 Å². The third-order valence-corrected chi connectivity index (χ3v) is 44.2. The molecule has 0 radical (unpaired) electrons. The monoisotopic (exact) mass is 1870 g/mol. The van der Waals surface area contributed by atoms with E-state index in [9.17, 15) is 85.6 Å². The van der Waals surface area contributed by atoms with E-state index in [1.165, 1.54) is 49.7 Å². The second-order valence-electron chi connectivity index (χ2n) is 52.1. The van der Waals surface area contributed by atoms with Crippen molar-refractivity contribution in [3.05, 3.63) is 34.9 Å². The van der Waals surface area contributed by atoms with Crippen LogP contribution in [0.3, 0.4) is 0 Å². The summed E-state index contributed by atoms with van der Waals surface area (Å²) in [6, 6.07) is 0. The first-order chi connectivity index (χ1) is 61.5. The lowest BCUT2D eigenvalue weighted by Crippen LogP contribution is -2.66. The summed E-state index contributed by atoms with van der Waals surface area (Å²) in [5.74, 6) is 2.38. The van der Waals surface area contributed by atoms with Crippen LogP contribution < -0.4 is 0 Å². The summed E-state index contributed by atoms with van der Waals surface area (Å²) in [5.41, 5.74) is 0.785. The topological polar surface area (TPSA) is 387 Å². The number of rotatable bonds is 21. The van der Waals surface area contributed by atoms with E-state index in [-0.39, 0.29) is 113 Å². The van der Waals surface area contributed by atoms with E-state index in [1.54, 1.807) is 0 Å². The van der Waals surface area contributed by atoms with Gasteiger partial charge in [0.25, 0.3) is 0 Å². The standard InChI is InChI=1S/C37H60O8.C37H62O7.C36H60O8/c1-20(2)11-10-15-37(9,45-32-29(41)27(39)28(40)30(44-32)31(42)43)22-13-17-36(8)26(22)23(38)19-25-34(6)16-12-21(3)33(4,5)24(34)14-18-35(25,36)7;1-21(2)11-10-15-37(9,44-32-31(42)30(41)29(40)25(20-38)43-32)23-13-17-36(8)28(23)24(39)19-27-34(6)16-12-22(3)33(4,5)26(34)14-18-35(27,36)7;1-20(2)10-9-14-36(8,44-31-30(42)29(41)28(40)23(19-37)43-31)21-11-16-35(7)27(21)22(38)18-25-33(5)15-13-26(39)32(3,4)24(33)12-17-34(25,35)6/h11,21-22,24-30,32,39-41H,10,12-19H2,1-9H3,(H,42,43);11,22-23,25-32,38,40-42H,10,12-20H2,1-9H3;10,21,23-31,37,39-42H,9,11-19H2,1-8H3/t21-,22?,24?,25?,26?,27-,28-,29?,30?,32-,34-,35+,36+,37-;22-,23?,25?,26?,27?,28?,29+,30-,31?,32-,34-,35+,36+,37-;21?,23?,24?,25?,26-,27?,28+,29-,30?,31-,33-,34+,35+,36-/m000/s1. The van der Waals surface area contributed by atoms with Crippen molar-refractivity contribution in [2.45, 2.75) is 468 Å². The highest BCUT2D eigenvalue weighted by atomic mass is 16.7. The molecule has 42 atom stereocenters. The summed E-state index contributed by atoms with van der Waals surface area (Å²) in [4.78, 5) is 55.8. The Bertz CT molecular complexity index is 4080. The summed E-state index contributed by atoms with van der Waals surface area (Å²) >= 11 is 0. The van der Waals surface area contributed by atoms with Gasteiger partial charge >= 0.3 is 5.97 Å². The van der Waals surface area contributed by atoms with Gasteiger partial charge in [0, 0.05) is 37.0 Å². The number of carboxylic acid groups (broad SMARTS) is 1. The quantitative estimate of drug-likeness (QED) is 0.0475. The Labute approximate surface area is 797 Å². The molecule has 3 saturated heterocycles. The number of ether oxygens (including phenoxy) is 6. The highest BCUT2D eigenvalue weighted by Gasteiger charge is 2.77. The van der Waals surface area contributed by atoms with Gasteiger partial charge < -0.3 is 94.8 Å². The third kappa shape index (κ3) is 17.6. The SMILES string of the molecule is CC(C)=CCC[C@](C)(O[C@@H]1OC(C(=O)O)[C@@H](O)[C@H](O)C1O)C1CC[C@]2(C)C1C(=O)CC1[C@@]3(C)CC[C@H](C)C(C)(C)C3CC[C@]12C.CC(C)=CCC[C@](C)(O[C@@H]1OC(CO)[C@@H](O)[C@H](O)C1O)C1CC[C@]2(C)C1C(=O)CC1[C@@]3(C)CC[C@H](C)C(C)(C)C3CC[C@]12C.CC(C)=CCC[C@](C)(O[C@@H]1OC(CO)[C@@H](O)[C@H](O)C1O)C1CC[C@]2(C)C1C(=O)CC1[C@@]3(C)CC[C@H](O)C(C)(C)C3CC[C@]12C. The third-order valence-electron chi connectivity index (χ3n) is 44.2. The Morgan fingerprint density at radius 1 is 0.353 bits per heavy atom. The number of aliphatic carboxylic acids is 1. The maximum Gasteiger partial charge on any atom is 0.335 e. The first-order valence-electron chi connectivity index (χ1n) is 52.2. The molecular weight excluding hydrogens is 1690 g/mol. The van der Waals surface area contributed by atoms with Gasteiger partial charge in [-0.15, -0.1) is 0 Å². The summed E-state index contributed by atoms with van der Waals surface area (Å²) < 4.78 is 37.4. The average molecular weight is 1870 g/mol. The lowest BCUT2D eigenvalue weighted by molar-refractivity contribution is -0.333. The lowest BCUT2D eigenvalue weighted by atomic mass is 9.34. The molecule has 15 fully saturated rings. The van der Waals surface area contributed by atoms with Gasteiger partial charge in [0.05, 0.1) is 36.1 Å². The fourth-order valence-electron chi connectivity index (χ4n) is 34.9. The van der Waals surface area contributed by atoms with Crippen LogP contribution in [0, 0.1) is 148 Å². The van der Waals surface area contributed by atoms with Crippen molar-refractivity contribution in [3.8, 4) is 0 Å². The highest BCUT2D eigenvalue weighted by molar-refractivity contribution is 5.86. The molecule has 0 spiro atoms. The Morgan fingerprint density at radius 3 is 0.910 bits per heavy atom. The number of carboxylic acids is 1. The molecule has 0 aromatic rings. The molecule has 133 heavy (non-hydrogen) atoms. The molecule has 15 rings (SSSR count). The zero-order chi connectivity index (χ0) is 98.7. The van der Waals surface area contributed by atoms with Crippen LogP contribution in [-0.2, 0) is 47.6 Å². The van der Waals surface area contributed by atoms with Crippen LogP contribution in [0.4, 0.5) is 0 Å². The average Bonchev–Trinajstić information content (AvgIpc) is 1.64. The van der Waals surface area contributed by atoms with Crippen molar-refractivity contribution >= 4 is 23.3 Å². The maximum atomic E-state index is 14.7. The molecule has 15 aliphatic rings. The Hall–Kier alpha value is -3.02. The van der Waals surface area contributed by atoms with E-state index in [0.717, 1.165) is 95.5 Å². The number of carbonyl (C=O) groups excluding carboxylic acids is 3. The van der Waals surface area contributed by atoms with Crippen molar-refractivity contribution in [3.63, 3.8) is 0 Å². The Morgan fingerprint density at radius 2 is 0.624 bits per heavy atom. The summed E-state index contributed by atoms with van der Waals surface area (Å²) in [5, 5.41) is 136. The minimum Gasteiger partial charge on any atom is -0.479 e. The number of fused-ring (bicyclic) bond motifs is 15. The second-order valence-corrected chi connectivity index (χ2v) is 52.1. The van der Waals surface area contributed by atoms with E-state index < -0.39 is 128 Å². The Kier molecular flexibility index (Phi) is 30.6. The van der Waals surface area contributed by atoms with Gasteiger partial charge in [-0.05, 0) is 346 Å². The predicted molar refractivity (Wildman–Crippen MR) is 509 cm³/mol. The van der Waals surface area contributed by atoms with E-state index in [4.69, 9.17) is 28.4 Å². The van der Waals surface area contributed by atoms with Gasteiger partial charge in [-0.1, -0.05) is 153 Å². The summed E-state index contributed by atoms with van der Waals surface area (Å²) in [6.07, 6.45) is 8.38. The van der Waals surface area contributed by atoms with Gasteiger partial charge in [-0.2, -0.15) is 0 Å². The highest BCUT2D eigenvalue weighted by Crippen LogP contribution is 2.80. The minimum atomic E-state index is -1.79. The molecule has 760 valence electrons. The molecule has 23 nitrogen and oxygen atoms in total. The van der Waals surface area contributed by atoms with E-state index in [2.05, 4.69) is 171 Å². The number of hydrogen-bond donors (Lipinski definition) is 13. The van der Waals surface area contributed by atoms with Crippen molar-refractivity contribution < 1.29 is 114 Å². The summed E-state index contributed by atoms with van der Waals surface area (Å²) in [6.45, 7) is 58.3. The molecule has 3 aliphatic heterocycles. The van der Waals surface area contributed by atoms with E-state index in [0.29, 0.717) is 104 Å². The second kappa shape index (κ2) is 37.9. The van der Waals surface area contributed by atoms with Gasteiger partial charge in [0.2, 0.25) is 0 Å². The first-order valence-corrected chi connectivity index (χ1v) is 52.2. The molecule has 18 unspecified atom stereocenters. The van der Waals surface area contributed by atoms with Crippen LogP contribution in [0.5, 0.6) is 0 Å². The maximum absolute atomic E-state index is 14.7. The molecule has 0 aromatic carbocycles. The minimum absolute atomic E-state index is 0.0153. The number of Topliss-reactive ketones (excluding diaryl/α,β-unsaturated/α-hetero) is 3. The fourth-order valence-corrected chi connectivity index (χ4v) is 34.9. The van der Waals surface area contributed by atoms with Crippen molar-refractivity contribution in [2.24, 2.45) is 148 Å². The number of aliphatic hydroxyl groups excluding tert-OH is 12. The zero-order valence-electron chi connectivity index (χ0n) is 86.5. The lowest BCUT2D eigenvalue weighted by Gasteiger charge is -2.69.